The minimum absolute atomic E-state index is 0.0524. The molecule has 2 fully saturated rings. The van der Waals surface area contributed by atoms with Crippen LogP contribution >= 0.6 is 23.1 Å². The van der Waals surface area contributed by atoms with Crippen molar-refractivity contribution in [1.29, 1.82) is 0 Å². The van der Waals surface area contributed by atoms with Crippen LogP contribution in [0.15, 0.2) is 4.34 Å². The van der Waals surface area contributed by atoms with Crippen molar-refractivity contribution in [3.8, 4) is 0 Å². The highest BCUT2D eigenvalue weighted by Crippen LogP contribution is 2.43. The van der Waals surface area contributed by atoms with Crippen molar-refractivity contribution in [3.05, 3.63) is 5.01 Å². The summed E-state index contributed by atoms with van der Waals surface area (Å²) in [5.74, 6) is 1.66. The monoisotopic (exact) mass is 311 g/mol. The molecule has 1 saturated carbocycles. The molecule has 1 amide bonds. The van der Waals surface area contributed by atoms with E-state index in [1.807, 2.05) is 11.8 Å². The second-order valence-electron chi connectivity index (χ2n) is 5.95. The van der Waals surface area contributed by atoms with E-state index in [0.29, 0.717) is 5.92 Å². The minimum Gasteiger partial charge on any atom is -0.342 e. The van der Waals surface area contributed by atoms with Gasteiger partial charge in [0.1, 0.15) is 5.01 Å². The molecule has 0 N–H and O–H groups in total. The Hall–Kier alpha value is -0.620. The molecule has 3 rings (SSSR count). The Labute approximate surface area is 128 Å². The van der Waals surface area contributed by atoms with Gasteiger partial charge >= 0.3 is 0 Å². The lowest BCUT2D eigenvalue weighted by molar-refractivity contribution is -0.131. The van der Waals surface area contributed by atoms with Crippen LogP contribution < -0.4 is 0 Å². The largest absolute Gasteiger partial charge is 0.342 e. The highest BCUT2D eigenvalue weighted by Gasteiger charge is 2.29. The fourth-order valence-electron chi connectivity index (χ4n) is 2.45. The second kappa shape index (κ2) is 6.02. The maximum Gasteiger partial charge on any atom is 0.235 e. The molecule has 0 aromatic carbocycles. The van der Waals surface area contributed by atoms with Crippen LogP contribution in [-0.2, 0) is 4.79 Å². The lowest BCUT2D eigenvalue weighted by Crippen LogP contribution is -2.41. The zero-order valence-electron chi connectivity index (χ0n) is 12.0. The first-order valence-electron chi connectivity index (χ1n) is 7.42. The van der Waals surface area contributed by atoms with Crippen LogP contribution in [0, 0.1) is 5.92 Å². The molecule has 1 aliphatic carbocycles. The number of amides is 1. The van der Waals surface area contributed by atoms with E-state index in [1.165, 1.54) is 12.8 Å². The van der Waals surface area contributed by atoms with E-state index in [0.717, 1.165) is 41.2 Å². The molecule has 1 aliphatic heterocycles. The normalized spacial score (nSPS) is 22.0. The van der Waals surface area contributed by atoms with Gasteiger partial charge in [-0.15, -0.1) is 10.2 Å². The van der Waals surface area contributed by atoms with Crippen molar-refractivity contribution >= 4 is 29.0 Å². The molecule has 20 heavy (non-hydrogen) atoms. The molecule has 4 nitrogen and oxygen atoms in total. The summed E-state index contributed by atoms with van der Waals surface area (Å²) in [6.07, 6.45) is 4.76. The summed E-state index contributed by atoms with van der Waals surface area (Å²) in [7, 11) is 0. The quantitative estimate of drug-likeness (QED) is 0.801. The molecule has 1 atom stereocenters. The van der Waals surface area contributed by atoms with Crippen molar-refractivity contribution in [3.63, 3.8) is 0 Å². The Morgan fingerprint density at radius 3 is 2.65 bits per heavy atom. The number of likely N-dealkylation sites (tertiary alicyclic amines) is 1. The molecular formula is C14H21N3OS2. The van der Waals surface area contributed by atoms with Gasteiger partial charge in [-0.1, -0.05) is 30.0 Å². The minimum atomic E-state index is -0.0524. The second-order valence-corrected chi connectivity index (χ2v) is 8.55. The van der Waals surface area contributed by atoms with Crippen molar-refractivity contribution < 1.29 is 4.79 Å². The van der Waals surface area contributed by atoms with Crippen LogP contribution in [0.25, 0.3) is 0 Å². The first kappa shape index (κ1) is 14.3. The number of piperidine rings is 1. The summed E-state index contributed by atoms with van der Waals surface area (Å²) in [6.45, 7) is 6.08. The molecule has 0 unspecified atom stereocenters. The summed E-state index contributed by atoms with van der Waals surface area (Å²) in [6, 6.07) is 0. The SMILES string of the molecule is CC1CCN(C(=O)[C@@H](C)Sc2nnc(C3CC3)s2)CC1. The fraction of sp³-hybridized carbons (Fsp3) is 0.786. The van der Waals surface area contributed by atoms with Gasteiger partial charge in [-0.05, 0) is 38.5 Å². The topological polar surface area (TPSA) is 46.1 Å². The summed E-state index contributed by atoms with van der Waals surface area (Å²) < 4.78 is 0.943. The van der Waals surface area contributed by atoms with E-state index in [2.05, 4.69) is 17.1 Å². The van der Waals surface area contributed by atoms with Crippen molar-refractivity contribution in [2.24, 2.45) is 5.92 Å². The van der Waals surface area contributed by atoms with Gasteiger partial charge in [0.25, 0.3) is 0 Å². The maximum atomic E-state index is 12.4. The number of nitrogens with zero attached hydrogens (tertiary/aromatic N) is 3. The summed E-state index contributed by atoms with van der Waals surface area (Å²) in [5.41, 5.74) is 0. The molecule has 1 aromatic rings. The smallest absolute Gasteiger partial charge is 0.235 e. The first-order chi connectivity index (χ1) is 9.63. The predicted octanol–water partition coefficient (Wildman–Crippen LogP) is 3.15. The Morgan fingerprint density at radius 1 is 1.30 bits per heavy atom. The molecule has 2 aliphatic rings. The third kappa shape index (κ3) is 3.34. The summed E-state index contributed by atoms with van der Waals surface area (Å²) >= 11 is 3.23. The van der Waals surface area contributed by atoms with E-state index in [-0.39, 0.29) is 11.2 Å². The van der Waals surface area contributed by atoms with Crippen LogP contribution in [0.4, 0.5) is 0 Å². The van der Waals surface area contributed by atoms with Crippen LogP contribution in [0.1, 0.15) is 50.5 Å². The zero-order valence-corrected chi connectivity index (χ0v) is 13.7. The highest BCUT2D eigenvalue weighted by atomic mass is 32.2. The van der Waals surface area contributed by atoms with E-state index >= 15 is 0 Å². The molecule has 0 spiro atoms. The molecule has 2 heterocycles. The van der Waals surface area contributed by atoms with Gasteiger partial charge in [0.05, 0.1) is 5.25 Å². The number of hydrogen-bond donors (Lipinski definition) is 0. The van der Waals surface area contributed by atoms with E-state index < -0.39 is 0 Å². The number of carbonyl (C=O) groups excluding carboxylic acids is 1. The summed E-state index contributed by atoms with van der Waals surface area (Å²) in [5, 5.41) is 9.55. The van der Waals surface area contributed by atoms with Crippen LogP contribution in [0.2, 0.25) is 0 Å². The Balaban J connectivity index is 1.54. The van der Waals surface area contributed by atoms with Gasteiger partial charge in [0.15, 0.2) is 4.34 Å². The number of carbonyl (C=O) groups is 1. The van der Waals surface area contributed by atoms with Crippen LogP contribution in [-0.4, -0.2) is 39.3 Å². The molecule has 0 bridgehead atoms. The van der Waals surface area contributed by atoms with Gasteiger partial charge in [-0.25, -0.2) is 0 Å². The third-order valence-corrected chi connectivity index (χ3v) is 6.33. The predicted molar refractivity (Wildman–Crippen MR) is 82.2 cm³/mol. The Kier molecular flexibility index (Phi) is 4.31. The van der Waals surface area contributed by atoms with Crippen molar-refractivity contribution in [2.45, 2.75) is 55.0 Å². The average molecular weight is 311 g/mol. The van der Waals surface area contributed by atoms with Crippen molar-refractivity contribution in [1.82, 2.24) is 15.1 Å². The number of rotatable bonds is 4. The van der Waals surface area contributed by atoms with E-state index in [9.17, 15) is 4.79 Å². The van der Waals surface area contributed by atoms with Gasteiger partial charge in [0, 0.05) is 19.0 Å². The fourth-order valence-corrected chi connectivity index (χ4v) is 4.72. The molecule has 0 radical (unpaired) electrons. The van der Waals surface area contributed by atoms with E-state index in [1.54, 1.807) is 23.1 Å². The molecule has 1 aromatic heterocycles. The molecular weight excluding hydrogens is 290 g/mol. The average Bonchev–Trinajstić information content (AvgIpc) is 3.20. The van der Waals surface area contributed by atoms with Gasteiger partial charge in [-0.2, -0.15) is 0 Å². The lowest BCUT2D eigenvalue weighted by Gasteiger charge is -2.31. The summed E-state index contributed by atoms with van der Waals surface area (Å²) in [4.78, 5) is 14.4. The first-order valence-corrected chi connectivity index (χ1v) is 9.12. The standard InChI is InChI=1S/C14H21N3OS2/c1-9-5-7-17(8-6-9)13(18)10(2)19-14-16-15-12(20-14)11-3-4-11/h9-11H,3-8H2,1-2H3/t10-/m1/s1. The van der Waals surface area contributed by atoms with Crippen molar-refractivity contribution in [2.75, 3.05) is 13.1 Å². The number of aromatic nitrogens is 2. The Bertz CT molecular complexity index is 479. The maximum absolute atomic E-state index is 12.4. The Morgan fingerprint density at radius 2 is 2.00 bits per heavy atom. The van der Waals surface area contributed by atoms with Gasteiger partial charge in [0.2, 0.25) is 5.91 Å². The van der Waals surface area contributed by atoms with Crippen LogP contribution in [0.3, 0.4) is 0 Å². The van der Waals surface area contributed by atoms with E-state index in [4.69, 9.17) is 0 Å². The third-order valence-electron chi connectivity index (χ3n) is 4.07. The highest BCUT2D eigenvalue weighted by molar-refractivity contribution is 8.02. The number of thioether (sulfide) groups is 1. The van der Waals surface area contributed by atoms with Gasteiger partial charge in [-0.3, -0.25) is 4.79 Å². The molecule has 1 saturated heterocycles. The zero-order chi connectivity index (χ0) is 14.1. The molecule has 6 heteroatoms. The number of hydrogen-bond acceptors (Lipinski definition) is 5. The van der Waals surface area contributed by atoms with Gasteiger partial charge < -0.3 is 4.90 Å². The molecule has 110 valence electrons. The van der Waals surface area contributed by atoms with Crippen LogP contribution in [0.5, 0.6) is 0 Å². The lowest BCUT2D eigenvalue weighted by atomic mass is 9.99.